The molecule has 0 bridgehead atoms. The van der Waals surface area contributed by atoms with Gasteiger partial charge in [0.1, 0.15) is 0 Å². The van der Waals surface area contributed by atoms with Gasteiger partial charge in [-0.25, -0.2) is 9.36 Å². The van der Waals surface area contributed by atoms with Gasteiger partial charge in [0.15, 0.2) is 0 Å². The standard InChI is InChI=1S/C16H11BrN2O2/c17-12-6-8-14(9-7-12)19-16(21)11-10-15(20)18(19)13-4-2-1-3-5-13/h1-11H. The zero-order chi connectivity index (χ0) is 14.8. The lowest BCUT2D eigenvalue weighted by atomic mass is 10.3. The van der Waals surface area contributed by atoms with Crippen molar-refractivity contribution in [3.05, 3.63) is 91.9 Å². The molecule has 0 amide bonds. The molecule has 0 fully saturated rings. The van der Waals surface area contributed by atoms with Gasteiger partial charge in [0.05, 0.1) is 11.4 Å². The average molecular weight is 343 g/mol. The van der Waals surface area contributed by atoms with E-state index in [4.69, 9.17) is 0 Å². The molecule has 3 rings (SSSR count). The van der Waals surface area contributed by atoms with Crippen LogP contribution in [0.4, 0.5) is 0 Å². The second kappa shape index (κ2) is 5.54. The van der Waals surface area contributed by atoms with E-state index in [1.165, 1.54) is 21.5 Å². The van der Waals surface area contributed by atoms with Gasteiger partial charge in [0, 0.05) is 16.6 Å². The summed E-state index contributed by atoms with van der Waals surface area (Å²) in [5, 5.41) is 0. The maximum atomic E-state index is 12.2. The average Bonchev–Trinajstić information content (AvgIpc) is 2.51. The normalized spacial score (nSPS) is 10.5. The third-order valence-corrected chi connectivity index (χ3v) is 3.59. The molecule has 0 saturated heterocycles. The number of aromatic nitrogens is 2. The van der Waals surface area contributed by atoms with Crippen molar-refractivity contribution in [1.82, 2.24) is 9.36 Å². The van der Waals surface area contributed by atoms with Crippen molar-refractivity contribution in [3.8, 4) is 11.4 Å². The van der Waals surface area contributed by atoms with Crippen LogP contribution in [0, 0.1) is 0 Å². The number of halogens is 1. The van der Waals surface area contributed by atoms with E-state index in [9.17, 15) is 9.59 Å². The summed E-state index contributed by atoms with van der Waals surface area (Å²) in [4.78, 5) is 24.5. The van der Waals surface area contributed by atoms with E-state index in [-0.39, 0.29) is 11.1 Å². The second-order valence-corrected chi connectivity index (χ2v) is 5.36. The highest BCUT2D eigenvalue weighted by Crippen LogP contribution is 2.13. The van der Waals surface area contributed by atoms with Crippen molar-refractivity contribution in [2.24, 2.45) is 0 Å². The first-order valence-electron chi connectivity index (χ1n) is 6.33. The first kappa shape index (κ1) is 13.6. The molecule has 104 valence electrons. The van der Waals surface area contributed by atoms with Crippen molar-refractivity contribution in [3.63, 3.8) is 0 Å². The lowest BCUT2D eigenvalue weighted by Gasteiger charge is -2.15. The van der Waals surface area contributed by atoms with Gasteiger partial charge in [-0.2, -0.15) is 0 Å². The summed E-state index contributed by atoms with van der Waals surface area (Å²) in [6, 6.07) is 18.9. The highest BCUT2D eigenvalue weighted by atomic mass is 79.9. The Balaban J connectivity index is 2.35. The molecule has 3 aromatic rings. The summed E-state index contributed by atoms with van der Waals surface area (Å²) < 4.78 is 3.64. The molecular formula is C16H11BrN2O2. The second-order valence-electron chi connectivity index (χ2n) is 4.45. The van der Waals surface area contributed by atoms with Crippen molar-refractivity contribution in [2.45, 2.75) is 0 Å². The summed E-state index contributed by atoms with van der Waals surface area (Å²) in [7, 11) is 0. The Bertz CT molecular complexity index is 881. The lowest BCUT2D eigenvalue weighted by Crippen LogP contribution is -2.35. The summed E-state index contributed by atoms with van der Waals surface area (Å²) in [5.41, 5.74) is 0.748. The van der Waals surface area contributed by atoms with Crippen LogP contribution in [0.1, 0.15) is 0 Å². The van der Waals surface area contributed by atoms with Crippen molar-refractivity contribution in [2.75, 3.05) is 0 Å². The zero-order valence-electron chi connectivity index (χ0n) is 10.9. The molecule has 0 unspecified atom stereocenters. The minimum absolute atomic E-state index is 0.260. The first-order chi connectivity index (χ1) is 10.2. The largest absolute Gasteiger partial charge is 0.270 e. The Labute approximate surface area is 129 Å². The molecule has 0 spiro atoms. The maximum absolute atomic E-state index is 12.2. The van der Waals surface area contributed by atoms with Crippen LogP contribution in [0.25, 0.3) is 11.4 Å². The summed E-state index contributed by atoms with van der Waals surface area (Å²) in [6.45, 7) is 0. The van der Waals surface area contributed by atoms with Crippen LogP contribution in [0.2, 0.25) is 0 Å². The summed E-state index contributed by atoms with van der Waals surface area (Å²) in [6.07, 6.45) is 0. The van der Waals surface area contributed by atoms with Gasteiger partial charge >= 0.3 is 0 Å². The summed E-state index contributed by atoms with van der Waals surface area (Å²) in [5.74, 6) is 0. The first-order valence-corrected chi connectivity index (χ1v) is 7.13. The van der Waals surface area contributed by atoms with Crippen LogP contribution in [-0.4, -0.2) is 9.36 Å². The van der Waals surface area contributed by atoms with Gasteiger partial charge < -0.3 is 0 Å². The molecule has 0 aliphatic rings. The van der Waals surface area contributed by atoms with E-state index in [0.717, 1.165) is 4.47 Å². The fraction of sp³-hybridized carbons (Fsp3) is 0. The van der Waals surface area contributed by atoms with Gasteiger partial charge in [-0.3, -0.25) is 9.59 Å². The molecule has 0 N–H and O–H groups in total. The minimum atomic E-state index is -0.263. The fourth-order valence-corrected chi connectivity index (χ4v) is 2.38. The number of benzene rings is 2. The molecule has 4 nitrogen and oxygen atoms in total. The lowest BCUT2D eigenvalue weighted by molar-refractivity contribution is 0.665. The van der Waals surface area contributed by atoms with E-state index >= 15 is 0 Å². The Kier molecular flexibility index (Phi) is 3.58. The Morgan fingerprint density at radius 2 is 1.10 bits per heavy atom. The van der Waals surface area contributed by atoms with Crippen molar-refractivity contribution in [1.29, 1.82) is 0 Å². The number of hydrogen-bond acceptors (Lipinski definition) is 2. The van der Waals surface area contributed by atoms with Crippen LogP contribution in [0.15, 0.2) is 80.8 Å². The van der Waals surface area contributed by atoms with Gasteiger partial charge in [-0.15, -0.1) is 0 Å². The fourth-order valence-electron chi connectivity index (χ4n) is 2.12. The molecule has 21 heavy (non-hydrogen) atoms. The number of nitrogens with zero attached hydrogens (tertiary/aromatic N) is 2. The predicted octanol–water partition coefficient (Wildman–Crippen LogP) is 2.75. The van der Waals surface area contributed by atoms with Crippen LogP contribution >= 0.6 is 15.9 Å². The van der Waals surface area contributed by atoms with Gasteiger partial charge in [0.25, 0.3) is 11.1 Å². The van der Waals surface area contributed by atoms with Crippen LogP contribution in [0.3, 0.4) is 0 Å². The van der Waals surface area contributed by atoms with E-state index in [1.807, 2.05) is 30.3 Å². The quantitative estimate of drug-likeness (QED) is 0.718. The number of para-hydroxylation sites is 1. The molecule has 5 heteroatoms. The summed E-state index contributed by atoms with van der Waals surface area (Å²) >= 11 is 3.36. The molecule has 1 aromatic heterocycles. The third-order valence-electron chi connectivity index (χ3n) is 3.06. The molecule has 0 saturated carbocycles. The van der Waals surface area contributed by atoms with Crippen LogP contribution < -0.4 is 11.1 Å². The Morgan fingerprint density at radius 1 is 0.619 bits per heavy atom. The predicted molar refractivity (Wildman–Crippen MR) is 85.3 cm³/mol. The molecule has 2 aromatic carbocycles. The smallest absolute Gasteiger partial charge is 0.267 e. The molecule has 0 aliphatic heterocycles. The SMILES string of the molecule is O=c1ccc(=O)n(-c2ccc(Br)cc2)n1-c1ccccc1. The van der Waals surface area contributed by atoms with E-state index in [1.54, 1.807) is 24.3 Å². The van der Waals surface area contributed by atoms with E-state index < -0.39 is 0 Å². The number of hydrogen-bond donors (Lipinski definition) is 0. The van der Waals surface area contributed by atoms with Gasteiger partial charge in [-0.05, 0) is 36.4 Å². The van der Waals surface area contributed by atoms with Crippen molar-refractivity contribution < 1.29 is 0 Å². The Morgan fingerprint density at radius 3 is 1.62 bits per heavy atom. The molecule has 0 atom stereocenters. The monoisotopic (exact) mass is 342 g/mol. The molecule has 1 heterocycles. The maximum Gasteiger partial charge on any atom is 0.270 e. The highest BCUT2D eigenvalue weighted by Gasteiger charge is 2.09. The van der Waals surface area contributed by atoms with Gasteiger partial charge in [0.2, 0.25) is 0 Å². The molecule has 0 radical (unpaired) electrons. The minimum Gasteiger partial charge on any atom is -0.267 e. The third kappa shape index (κ3) is 2.60. The Hall–Kier alpha value is -2.40. The topological polar surface area (TPSA) is 44.0 Å². The van der Waals surface area contributed by atoms with Crippen molar-refractivity contribution >= 4 is 15.9 Å². The van der Waals surface area contributed by atoms with Crippen LogP contribution in [0.5, 0.6) is 0 Å². The molecular weight excluding hydrogens is 332 g/mol. The number of rotatable bonds is 2. The zero-order valence-corrected chi connectivity index (χ0v) is 12.5. The highest BCUT2D eigenvalue weighted by molar-refractivity contribution is 9.10. The van der Waals surface area contributed by atoms with Gasteiger partial charge in [-0.1, -0.05) is 34.1 Å². The van der Waals surface area contributed by atoms with E-state index in [0.29, 0.717) is 11.4 Å². The van der Waals surface area contributed by atoms with Crippen LogP contribution in [-0.2, 0) is 0 Å². The molecule has 0 aliphatic carbocycles. The van der Waals surface area contributed by atoms with E-state index in [2.05, 4.69) is 15.9 Å².